The van der Waals surface area contributed by atoms with E-state index in [-0.39, 0.29) is 23.9 Å². The lowest BCUT2D eigenvalue weighted by atomic mass is 10.0. The number of amides is 1. The van der Waals surface area contributed by atoms with Gasteiger partial charge in [0.25, 0.3) is 5.91 Å². The van der Waals surface area contributed by atoms with E-state index >= 15 is 0 Å². The molecule has 4 rings (SSSR count). The first kappa shape index (κ1) is 23.4. The first-order chi connectivity index (χ1) is 17.0. The van der Waals surface area contributed by atoms with E-state index in [0.29, 0.717) is 22.6 Å². The second-order valence-electron chi connectivity index (χ2n) is 7.70. The normalized spacial score (nSPS) is 10.3. The summed E-state index contributed by atoms with van der Waals surface area (Å²) in [5.74, 6) is -0.535. The maximum Gasteiger partial charge on any atom is 0.338 e. The number of Topliss-reactive ketones (excluding diaryl/α,β-unsaturated/α-hetero) is 1. The van der Waals surface area contributed by atoms with E-state index in [9.17, 15) is 14.4 Å². The van der Waals surface area contributed by atoms with Gasteiger partial charge in [0.2, 0.25) is 0 Å². The number of hydrogen-bond donors (Lipinski definition) is 1. The molecule has 0 aliphatic heterocycles. The second-order valence-corrected chi connectivity index (χ2v) is 7.70. The topological polar surface area (TPSA) is 81.7 Å². The van der Waals surface area contributed by atoms with Gasteiger partial charge in [0, 0.05) is 16.8 Å². The van der Waals surface area contributed by atoms with Crippen LogP contribution in [0.2, 0.25) is 0 Å². The zero-order valence-electron chi connectivity index (χ0n) is 19.1. The third kappa shape index (κ3) is 6.00. The number of anilines is 1. The molecular formula is C29H23NO5. The number of esters is 1. The second kappa shape index (κ2) is 10.9. The first-order valence-corrected chi connectivity index (χ1v) is 10.9. The summed E-state index contributed by atoms with van der Waals surface area (Å²) in [4.78, 5) is 37.2. The lowest BCUT2D eigenvalue weighted by molar-refractivity contribution is 0.0475. The monoisotopic (exact) mass is 465 g/mol. The maximum atomic E-state index is 12.4. The summed E-state index contributed by atoms with van der Waals surface area (Å²) in [6.07, 6.45) is 0. The molecule has 4 aromatic rings. The molecule has 1 amide bonds. The molecule has 174 valence electrons. The molecular weight excluding hydrogens is 442 g/mol. The SMILES string of the molecule is COc1ccc(C(=O)Nc2ccc(C(=O)OCC(=O)c3ccc(-c4ccccc4)cc3)cc2)cc1. The van der Waals surface area contributed by atoms with Crippen LogP contribution in [0.25, 0.3) is 11.1 Å². The van der Waals surface area contributed by atoms with Crippen molar-refractivity contribution in [2.24, 2.45) is 0 Å². The van der Waals surface area contributed by atoms with Crippen LogP contribution >= 0.6 is 0 Å². The van der Waals surface area contributed by atoms with E-state index in [0.717, 1.165) is 11.1 Å². The molecule has 35 heavy (non-hydrogen) atoms. The Morgan fingerprint density at radius 3 is 1.86 bits per heavy atom. The molecule has 6 heteroatoms. The third-order valence-electron chi connectivity index (χ3n) is 5.38. The Morgan fingerprint density at radius 2 is 1.23 bits per heavy atom. The van der Waals surface area contributed by atoms with Crippen molar-refractivity contribution in [3.05, 3.63) is 120 Å². The number of rotatable bonds is 8. The Bertz CT molecular complexity index is 1310. The zero-order valence-corrected chi connectivity index (χ0v) is 19.1. The highest BCUT2D eigenvalue weighted by molar-refractivity contribution is 6.04. The van der Waals surface area contributed by atoms with Crippen LogP contribution in [0.4, 0.5) is 5.69 Å². The van der Waals surface area contributed by atoms with E-state index < -0.39 is 5.97 Å². The van der Waals surface area contributed by atoms with Crippen LogP contribution in [0, 0.1) is 0 Å². The average Bonchev–Trinajstić information content (AvgIpc) is 2.92. The molecule has 0 fully saturated rings. The quantitative estimate of drug-likeness (QED) is 0.268. The molecule has 0 heterocycles. The molecule has 4 aromatic carbocycles. The van der Waals surface area contributed by atoms with Crippen molar-refractivity contribution in [2.75, 3.05) is 19.0 Å². The van der Waals surface area contributed by atoms with Gasteiger partial charge in [-0.3, -0.25) is 9.59 Å². The van der Waals surface area contributed by atoms with Crippen LogP contribution in [0.15, 0.2) is 103 Å². The largest absolute Gasteiger partial charge is 0.497 e. The molecule has 0 aromatic heterocycles. The fraction of sp³-hybridized carbons (Fsp3) is 0.0690. The van der Waals surface area contributed by atoms with Gasteiger partial charge in [-0.25, -0.2) is 4.79 Å². The summed E-state index contributed by atoms with van der Waals surface area (Å²) < 4.78 is 10.3. The van der Waals surface area contributed by atoms with Gasteiger partial charge in [0.15, 0.2) is 12.4 Å². The summed E-state index contributed by atoms with van der Waals surface area (Å²) in [7, 11) is 1.56. The predicted molar refractivity (Wildman–Crippen MR) is 134 cm³/mol. The van der Waals surface area contributed by atoms with Crippen molar-refractivity contribution in [2.45, 2.75) is 0 Å². The number of benzene rings is 4. The number of carbonyl (C=O) groups is 3. The van der Waals surface area contributed by atoms with Crippen molar-refractivity contribution in [1.29, 1.82) is 0 Å². The Balaban J connectivity index is 1.30. The molecule has 0 saturated heterocycles. The predicted octanol–water partition coefficient (Wildman–Crippen LogP) is 5.65. The van der Waals surface area contributed by atoms with Gasteiger partial charge in [0.05, 0.1) is 12.7 Å². The lowest BCUT2D eigenvalue weighted by Gasteiger charge is -2.08. The molecule has 0 spiro atoms. The van der Waals surface area contributed by atoms with Gasteiger partial charge in [-0.1, -0.05) is 54.6 Å². The summed E-state index contributed by atoms with van der Waals surface area (Å²) >= 11 is 0. The summed E-state index contributed by atoms with van der Waals surface area (Å²) in [6.45, 7) is -0.362. The molecule has 0 radical (unpaired) electrons. The van der Waals surface area contributed by atoms with Crippen molar-refractivity contribution < 1.29 is 23.9 Å². The lowest BCUT2D eigenvalue weighted by Crippen LogP contribution is -2.15. The minimum absolute atomic E-state index is 0.277. The Morgan fingerprint density at radius 1 is 0.657 bits per heavy atom. The maximum absolute atomic E-state index is 12.4. The van der Waals surface area contributed by atoms with Gasteiger partial charge in [-0.2, -0.15) is 0 Å². The van der Waals surface area contributed by atoms with Gasteiger partial charge in [-0.15, -0.1) is 0 Å². The standard InChI is InChI=1S/C29H23NO5/c1-34-26-17-13-23(14-18-26)28(32)30-25-15-11-24(12-16-25)29(33)35-19-27(31)22-9-7-21(8-10-22)20-5-3-2-4-6-20/h2-18H,19H2,1H3,(H,30,32). The molecule has 0 bridgehead atoms. The average molecular weight is 466 g/mol. The molecule has 0 saturated carbocycles. The summed E-state index contributed by atoms with van der Waals surface area (Å²) in [5.41, 5.74) is 3.80. The van der Waals surface area contributed by atoms with Crippen LogP contribution in [0.5, 0.6) is 5.75 Å². The number of ketones is 1. The number of nitrogens with one attached hydrogen (secondary N) is 1. The fourth-order valence-electron chi connectivity index (χ4n) is 3.41. The van der Waals surface area contributed by atoms with Gasteiger partial charge in [-0.05, 0) is 59.7 Å². The Hall–Kier alpha value is -4.71. The van der Waals surface area contributed by atoms with E-state index in [2.05, 4.69) is 5.32 Å². The Kier molecular flexibility index (Phi) is 7.33. The van der Waals surface area contributed by atoms with E-state index in [1.54, 1.807) is 55.6 Å². The number of hydrogen-bond acceptors (Lipinski definition) is 5. The molecule has 0 unspecified atom stereocenters. The third-order valence-corrected chi connectivity index (χ3v) is 5.38. The molecule has 0 aliphatic rings. The molecule has 6 nitrogen and oxygen atoms in total. The zero-order chi connectivity index (χ0) is 24.6. The van der Waals surface area contributed by atoms with Gasteiger partial charge < -0.3 is 14.8 Å². The summed E-state index contributed by atoms with van der Waals surface area (Å²) in [5, 5.41) is 2.76. The van der Waals surface area contributed by atoms with E-state index in [4.69, 9.17) is 9.47 Å². The van der Waals surface area contributed by atoms with Crippen molar-refractivity contribution >= 4 is 23.3 Å². The van der Waals surface area contributed by atoms with Crippen LogP contribution in [-0.4, -0.2) is 31.4 Å². The van der Waals surface area contributed by atoms with Crippen LogP contribution in [0.3, 0.4) is 0 Å². The minimum Gasteiger partial charge on any atom is -0.497 e. The number of methoxy groups -OCH3 is 1. The van der Waals surface area contributed by atoms with Crippen LogP contribution in [-0.2, 0) is 4.74 Å². The van der Waals surface area contributed by atoms with E-state index in [1.807, 2.05) is 42.5 Å². The smallest absolute Gasteiger partial charge is 0.338 e. The molecule has 0 atom stereocenters. The highest BCUT2D eigenvalue weighted by Crippen LogP contribution is 2.20. The van der Waals surface area contributed by atoms with Gasteiger partial charge >= 0.3 is 5.97 Å². The van der Waals surface area contributed by atoms with Crippen molar-refractivity contribution in [1.82, 2.24) is 0 Å². The first-order valence-electron chi connectivity index (χ1n) is 10.9. The van der Waals surface area contributed by atoms with Gasteiger partial charge in [0.1, 0.15) is 5.75 Å². The highest BCUT2D eigenvalue weighted by atomic mass is 16.5. The summed E-state index contributed by atoms with van der Waals surface area (Å²) in [6, 6.07) is 30.0. The Labute approximate surface area is 203 Å². The van der Waals surface area contributed by atoms with E-state index in [1.165, 1.54) is 12.1 Å². The molecule has 1 N–H and O–H groups in total. The van der Waals surface area contributed by atoms with Crippen LogP contribution in [0.1, 0.15) is 31.1 Å². The minimum atomic E-state index is -0.618. The fourth-order valence-corrected chi connectivity index (χ4v) is 3.41. The molecule has 0 aliphatic carbocycles. The van der Waals surface area contributed by atoms with Crippen molar-refractivity contribution in [3.63, 3.8) is 0 Å². The van der Waals surface area contributed by atoms with Crippen LogP contribution < -0.4 is 10.1 Å². The number of carbonyl (C=O) groups excluding carboxylic acids is 3. The highest BCUT2D eigenvalue weighted by Gasteiger charge is 2.13. The number of ether oxygens (including phenoxy) is 2. The van der Waals surface area contributed by atoms with Crippen molar-refractivity contribution in [3.8, 4) is 16.9 Å².